The SMILES string of the molecule is C=CC1=C(C(=C)CC)CN(C2CC2)CC1. The third kappa shape index (κ3) is 2.23. The van der Waals surface area contributed by atoms with E-state index in [1.165, 1.54) is 36.1 Å². The molecule has 0 radical (unpaired) electrons. The van der Waals surface area contributed by atoms with Crippen molar-refractivity contribution in [3.63, 3.8) is 0 Å². The maximum Gasteiger partial charge on any atom is 0.0242 e. The maximum absolute atomic E-state index is 4.18. The largest absolute Gasteiger partial charge is 0.296 e. The Morgan fingerprint density at radius 2 is 2.27 bits per heavy atom. The Morgan fingerprint density at radius 3 is 2.80 bits per heavy atom. The third-order valence-corrected chi connectivity index (χ3v) is 3.58. The molecule has 0 unspecified atom stereocenters. The molecule has 1 saturated carbocycles. The predicted molar refractivity (Wildman–Crippen MR) is 65.9 cm³/mol. The highest BCUT2D eigenvalue weighted by Crippen LogP contribution is 2.33. The second-order valence-corrected chi connectivity index (χ2v) is 4.62. The molecule has 1 aliphatic carbocycles. The fourth-order valence-corrected chi connectivity index (χ4v) is 2.33. The van der Waals surface area contributed by atoms with E-state index in [-0.39, 0.29) is 0 Å². The molecule has 1 heterocycles. The molecule has 0 saturated heterocycles. The maximum atomic E-state index is 4.18. The molecule has 1 heteroatoms. The van der Waals surface area contributed by atoms with E-state index in [0.29, 0.717) is 0 Å². The number of hydrogen-bond donors (Lipinski definition) is 0. The Hall–Kier alpha value is -0.820. The summed E-state index contributed by atoms with van der Waals surface area (Å²) in [6.07, 6.45) is 7.05. The first kappa shape index (κ1) is 10.7. The summed E-state index contributed by atoms with van der Waals surface area (Å²) in [6, 6.07) is 0.871. The summed E-state index contributed by atoms with van der Waals surface area (Å²) in [4.78, 5) is 2.61. The van der Waals surface area contributed by atoms with Gasteiger partial charge in [-0.05, 0) is 36.8 Å². The van der Waals surface area contributed by atoms with E-state index in [2.05, 4.69) is 25.0 Å². The average Bonchev–Trinajstić information content (AvgIpc) is 3.11. The third-order valence-electron chi connectivity index (χ3n) is 3.58. The van der Waals surface area contributed by atoms with Crippen molar-refractivity contribution in [2.24, 2.45) is 0 Å². The first-order valence-corrected chi connectivity index (χ1v) is 6.03. The van der Waals surface area contributed by atoms with Gasteiger partial charge >= 0.3 is 0 Å². The van der Waals surface area contributed by atoms with Crippen LogP contribution in [0.1, 0.15) is 32.6 Å². The predicted octanol–water partition coefficient (Wildman–Crippen LogP) is 3.30. The Kier molecular flexibility index (Phi) is 3.11. The molecule has 1 aliphatic heterocycles. The van der Waals surface area contributed by atoms with Gasteiger partial charge in [0, 0.05) is 19.1 Å². The van der Waals surface area contributed by atoms with E-state index in [0.717, 1.165) is 25.4 Å². The van der Waals surface area contributed by atoms with Crippen LogP contribution in [0.4, 0.5) is 0 Å². The first-order valence-electron chi connectivity index (χ1n) is 6.03. The van der Waals surface area contributed by atoms with Crippen molar-refractivity contribution in [2.45, 2.75) is 38.6 Å². The van der Waals surface area contributed by atoms with E-state index in [1.807, 2.05) is 6.08 Å². The fraction of sp³-hybridized carbons (Fsp3) is 0.571. The van der Waals surface area contributed by atoms with Gasteiger partial charge in [0.15, 0.2) is 0 Å². The van der Waals surface area contributed by atoms with Crippen molar-refractivity contribution in [1.82, 2.24) is 4.90 Å². The molecule has 0 bridgehead atoms. The molecular formula is C14H21N. The monoisotopic (exact) mass is 203 g/mol. The number of allylic oxidation sites excluding steroid dienone is 1. The van der Waals surface area contributed by atoms with Crippen LogP contribution in [0.2, 0.25) is 0 Å². The van der Waals surface area contributed by atoms with Gasteiger partial charge in [0.2, 0.25) is 0 Å². The lowest BCUT2D eigenvalue weighted by molar-refractivity contribution is 0.278. The van der Waals surface area contributed by atoms with Crippen molar-refractivity contribution in [1.29, 1.82) is 0 Å². The van der Waals surface area contributed by atoms with E-state index >= 15 is 0 Å². The summed E-state index contributed by atoms with van der Waals surface area (Å²) in [5.74, 6) is 0. The highest BCUT2D eigenvalue weighted by atomic mass is 15.2. The zero-order valence-corrected chi connectivity index (χ0v) is 9.76. The second-order valence-electron chi connectivity index (χ2n) is 4.62. The van der Waals surface area contributed by atoms with Gasteiger partial charge in [0.25, 0.3) is 0 Å². The quantitative estimate of drug-likeness (QED) is 0.677. The molecule has 2 aliphatic rings. The summed E-state index contributed by atoms with van der Waals surface area (Å²) < 4.78 is 0. The van der Waals surface area contributed by atoms with E-state index in [9.17, 15) is 0 Å². The fourth-order valence-electron chi connectivity index (χ4n) is 2.33. The molecule has 0 N–H and O–H groups in total. The van der Waals surface area contributed by atoms with Crippen molar-refractivity contribution in [3.05, 3.63) is 36.0 Å². The minimum Gasteiger partial charge on any atom is -0.296 e. The zero-order valence-electron chi connectivity index (χ0n) is 9.76. The summed E-state index contributed by atoms with van der Waals surface area (Å²) in [6.45, 7) is 12.6. The van der Waals surface area contributed by atoms with Crippen LogP contribution in [0.3, 0.4) is 0 Å². The highest BCUT2D eigenvalue weighted by Gasteiger charge is 2.31. The lowest BCUT2D eigenvalue weighted by atomic mass is 9.93. The number of nitrogens with zero attached hydrogens (tertiary/aromatic N) is 1. The molecule has 1 fully saturated rings. The molecule has 0 spiro atoms. The Balaban J connectivity index is 2.15. The van der Waals surface area contributed by atoms with Gasteiger partial charge in [-0.2, -0.15) is 0 Å². The molecule has 0 amide bonds. The lowest BCUT2D eigenvalue weighted by Crippen LogP contribution is -2.33. The van der Waals surface area contributed by atoms with Gasteiger partial charge < -0.3 is 0 Å². The minimum absolute atomic E-state index is 0.871. The van der Waals surface area contributed by atoms with E-state index in [4.69, 9.17) is 0 Å². The second kappa shape index (κ2) is 4.36. The summed E-state index contributed by atoms with van der Waals surface area (Å²) in [5.41, 5.74) is 4.19. The Morgan fingerprint density at radius 1 is 1.53 bits per heavy atom. The summed E-state index contributed by atoms with van der Waals surface area (Å²) >= 11 is 0. The van der Waals surface area contributed by atoms with Gasteiger partial charge in [0.1, 0.15) is 0 Å². The lowest BCUT2D eigenvalue weighted by Gasteiger charge is -2.30. The Labute approximate surface area is 93.2 Å². The van der Waals surface area contributed by atoms with Crippen LogP contribution in [0.5, 0.6) is 0 Å². The normalized spacial score (nSPS) is 23.0. The van der Waals surface area contributed by atoms with Crippen molar-refractivity contribution >= 4 is 0 Å². The van der Waals surface area contributed by atoms with Crippen molar-refractivity contribution in [3.8, 4) is 0 Å². The van der Waals surface area contributed by atoms with Crippen LogP contribution in [0.25, 0.3) is 0 Å². The van der Waals surface area contributed by atoms with E-state index in [1.54, 1.807) is 0 Å². The topological polar surface area (TPSA) is 3.24 Å². The van der Waals surface area contributed by atoms with Crippen LogP contribution in [0, 0.1) is 0 Å². The molecular weight excluding hydrogens is 182 g/mol. The minimum atomic E-state index is 0.871. The zero-order chi connectivity index (χ0) is 10.8. The van der Waals surface area contributed by atoms with Crippen LogP contribution < -0.4 is 0 Å². The van der Waals surface area contributed by atoms with Gasteiger partial charge in [0.05, 0.1) is 0 Å². The summed E-state index contributed by atoms with van der Waals surface area (Å²) in [5, 5.41) is 0. The molecule has 0 atom stereocenters. The molecule has 15 heavy (non-hydrogen) atoms. The van der Waals surface area contributed by atoms with Gasteiger partial charge in [-0.25, -0.2) is 0 Å². The first-order chi connectivity index (χ1) is 7.26. The van der Waals surface area contributed by atoms with Gasteiger partial charge in [-0.3, -0.25) is 4.90 Å². The number of rotatable bonds is 4. The molecule has 0 aromatic carbocycles. The number of hydrogen-bond acceptors (Lipinski definition) is 1. The highest BCUT2D eigenvalue weighted by molar-refractivity contribution is 5.40. The van der Waals surface area contributed by atoms with Crippen LogP contribution in [-0.2, 0) is 0 Å². The summed E-state index contributed by atoms with van der Waals surface area (Å²) in [7, 11) is 0. The van der Waals surface area contributed by atoms with Crippen LogP contribution in [-0.4, -0.2) is 24.0 Å². The smallest absolute Gasteiger partial charge is 0.0242 e. The molecule has 1 nitrogen and oxygen atoms in total. The van der Waals surface area contributed by atoms with Crippen molar-refractivity contribution in [2.75, 3.05) is 13.1 Å². The molecule has 0 aromatic rings. The molecule has 2 rings (SSSR count). The average molecular weight is 203 g/mol. The van der Waals surface area contributed by atoms with Crippen LogP contribution in [0.15, 0.2) is 36.0 Å². The molecule has 0 aromatic heterocycles. The van der Waals surface area contributed by atoms with Crippen LogP contribution >= 0.6 is 0 Å². The molecule has 82 valence electrons. The van der Waals surface area contributed by atoms with Gasteiger partial charge in [-0.1, -0.05) is 31.7 Å². The van der Waals surface area contributed by atoms with E-state index < -0.39 is 0 Å². The Bertz CT molecular complexity index is 307. The van der Waals surface area contributed by atoms with Crippen molar-refractivity contribution < 1.29 is 0 Å². The standard InChI is InChI=1S/C14H21N/c1-4-11(3)14-10-15(13-6-7-13)9-8-12(14)5-2/h5,13H,2-4,6-10H2,1H3. The van der Waals surface area contributed by atoms with Gasteiger partial charge in [-0.15, -0.1) is 0 Å².